The van der Waals surface area contributed by atoms with E-state index in [9.17, 15) is 4.79 Å². The predicted octanol–water partition coefficient (Wildman–Crippen LogP) is 3.42. The van der Waals surface area contributed by atoms with Gasteiger partial charge in [-0.25, -0.2) is 0 Å². The van der Waals surface area contributed by atoms with E-state index in [1.54, 1.807) is 20.1 Å². The first-order valence-corrected chi connectivity index (χ1v) is 9.58. The highest BCUT2D eigenvalue weighted by atomic mass is 16.5. The van der Waals surface area contributed by atoms with E-state index >= 15 is 0 Å². The molecule has 0 fully saturated rings. The van der Waals surface area contributed by atoms with Gasteiger partial charge in [-0.15, -0.1) is 0 Å². The van der Waals surface area contributed by atoms with E-state index in [0.717, 1.165) is 25.9 Å². The first-order chi connectivity index (χ1) is 13.2. The van der Waals surface area contributed by atoms with Crippen LogP contribution >= 0.6 is 0 Å². The van der Waals surface area contributed by atoms with Gasteiger partial charge in [-0.1, -0.05) is 24.3 Å². The van der Waals surface area contributed by atoms with Crippen molar-refractivity contribution in [3.05, 3.63) is 54.1 Å². The van der Waals surface area contributed by atoms with Crippen molar-refractivity contribution < 1.29 is 14.3 Å². The normalized spacial score (nSPS) is 14.2. The standard InChI is InChI=1S/C22H28N2O3/c1-17(27-20-11-5-10-19(16-20)26-2)22(25)23-13-7-15-24-14-6-9-18-8-3-4-12-21(18)24/h3-5,8,10-12,16-17H,6-7,9,13-15H2,1-2H3,(H,23,25)/t17-/m1/s1. The molecule has 0 aromatic heterocycles. The molecule has 0 spiro atoms. The third kappa shape index (κ3) is 5.16. The predicted molar refractivity (Wildman–Crippen MR) is 108 cm³/mol. The van der Waals surface area contributed by atoms with Gasteiger partial charge < -0.3 is 19.7 Å². The Kier molecular flexibility index (Phi) is 6.58. The number of benzene rings is 2. The molecule has 27 heavy (non-hydrogen) atoms. The van der Waals surface area contributed by atoms with Crippen LogP contribution < -0.4 is 19.7 Å². The van der Waals surface area contributed by atoms with Crippen molar-refractivity contribution in [1.82, 2.24) is 5.32 Å². The van der Waals surface area contributed by atoms with E-state index in [0.29, 0.717) is 18.0 Å². The number of amides is 1. The third-order valence-electron chi connectivity index (χ3n) is 4.83. The largest absolute Gasteiger partial charge is 0.497 e. The Morgan fingerprint density at radius 3 is 2.85 bits per heavy atom. The highest BCUT2D eigenvalue weighted by molar-refractivity contribution is 5.80. The molecule has 1 amide bonds. The number of rotatable bonds is 8. The molecular weight excluding hydrogens is 340 g/mol. The summed E-state index contributed by atoms with van der Waals surface area (Å²) in [7, 11) is 1.61. The lowest BCUT2D eigenvalue weighted by Gasteiger charge is -2.31. The summed E-state index contributed by atoms with van der Waals surface area (Å²) in [6, 6.07) is 15.9. The summed E-state index contributed by atoms with van der Waals surface area (Å²) in [5.41, 5.74) is 2.76. The molecular formula is C22H28N2O3. The maximum absolute atomic E-state index is 12.3. The third-order valence-corrected chi connectivity index (χ3v) is 4.83. The molecule has 1 heterocycles. The monoisotopic (exact) mass is 368 g/mol. The maximum atomic E-state index is 12.3. The van der Waals surface area contributed by atoms with Crippen molar-refractivity contribution >= 4 is 11.6 Å². The summed E-state index contributed by atoms with van der Waals surface area (Å²) in [5.74, 6) is 1.24. The van der Waals surface area contributed by atoms with Gasteiger partial charge in [0.05, 0.1) is 7.11 Å². The molecule has 144 valence electrons. The minimum Gasteiger partial charge on any atom is -0.497 e. The SMILES string of the molecule is COc1cccc(O[C@H](C)C(=O)NCCCN2CCCc3ccccc32)c1. The van der Waals surface area contributed by atoms with E-state index < -0.39 is 6.10 Å². The molecule has 0 aliphatic carbocycles. The Morgan fingerprint density at radius 1 is 1.19 bits per heavy atom. The average Bonchev–Trinajstić information content (AvgIpc) is 2.71. The van der Waals surface area contributed by atoms with E-state index in [1.165, 1.54) is 17.7 Å². The number of nitrogens with one attached hydrogen (secondary N) is 1. The lowest BCUT2D eigenvalue weighted by atomic mass is 10.0. The summed E-state index contributed by atoms with van der Waals surface area (Å²) >= 11 is 0. The fourth-order valence-electron chi connectivity index (χ4n) is 3.40. The minimum atomic E-state index is -0.548. The van der Waals surface area contributed by atoms with Gasteiger partial charge in [0.15, 0.2) is 6.10 Å². The number of carbonyl (C=O) groups is 1. The average molecular weight is 368 g/mol. The van der Waals surface area contributed by atoms with Crippen molar-refractivity contribution in [2.45, 2.75) is 32.3 Å². The Morgan fingerprint density at radius 2 is 2.00 bits per heavy atom. The molecule has 1 aliphatic rings. The first kappa shape index (κ1) is 19.1. The fourth-order valence-corrected chi connectivity index (χ4v) is 3.40. The number of hydrogen-bond acceptors (Lipinski definition) is 4. The molecule has 3 rings (SSSR count). The molecule has 0 bridgehead atoms. The summed E-state index contributed by atoms with van der Waals surface area (Å²) < 4.78 is 10.9. The smallest absolute Gasteiger partial charge is 0.260 e. The number of aryl methyl sites for hydroxylation is 1. The van der Waals surface area contributed by atoms with Gasteiger partial charge >= 0.3 is 0 Å². The molecule has 2 aromatic rings. The Balaban J connectivity index is 1.42. The van der Waals surface area contributed by atoms with Crippen molar-refractivity contribution in [3.8, 4) is 11.5 Å². The maximum Gasteiger partial charge on any atom is 0.260 e. The fraction of sp³-hybridized carbons (Fsp3) is 0.409. The molecule has 0 unspecified atom stereocenters. The number of carbonyl (C=O) groups excluding carboxylic acids is 1. The number of nitrogens with zero attached hydrogens (tertiary/aromatic N) is 1. The highest BCUT2D eigenvalue weighted by Gasteiger charge is 2.17. The number of anilines is 1. The van der Waals surface area contributed by atoms with Crippen LogP contribution in [-0.4, -0.2) is 38.8 Å². The van der Waals surface area contributed by atoms with Gasteiger partial charge in [-0.05, 0) is 49.9 Å². The molecule has 0 saturated carbocycles. The highest BCUT2D eigenvalue weighted by Crippen LogP contribution is 2.26. The van der Waals surface area contributed by atoms with Gasteiger partial charge in [-0.3, -0.25) is 4.79 Å². The van der Waals surface area contributed by atoms with Gasteiger partial charge in [0.25, 0.3) is 5.91 Å². The van der Waals surface area contributed by atoms with Crippen molar-refractivity contribution in [1.29, 1.82) is 0 Å². The van der Waals surface area contributed by atoms with Crippen molar-refractivity contribution in [2.75, 3.05) is 31.6 Å². The zero-order chi connectivity index (χ0) is 19.1. The van der Waals surface area contributed by atoms with Crippen LogP contribution in [0.2, 0.25) is 0 Å². The van der Waals surface area contributed by atoms with Crippen LogP contribution in [-0.2, 0) is 11.2 Å². The Labute approximate surface area is 161 Å². The van der Waals surface area contributed by atoms with Gasteiger partial charge in [-0.2, -0.15) is 0 Å². The number of para-hydroxylation sites is 1. The van der Waals surface area contributed by atoms with E-state index in [2.05, 4.69) is 34.5 Å². The molecule has 5 nitrogen and oxygen atoms in total. The molecule has 0 radical (unpaired) electrons. The van der Waals surface area contributed by atoms with Crippen LogP contribution in [0.5, 0.6) is 11.5 Å². The quantitative estimate of drug-likeness (QED) is 0.726. The zero-order valence-corrected chi connectivity index (χ0v) is 16.1. The molecule has 1 atom stereocenters. The van der Waals surface area contributed by atoms with Crippen LogP contribution in [0, 0.1) is 0 Å². The lowest BCUT2D eigenvalue weighted by Crippen LogP contribution is -2.38. The van der Waals surface area contributed by atoms with Crippen LogP contribution in [0.15, 0.2) is 48.5 Å². The second kappa shape index (κ2) is 9.31. The van der Waals surface area contributed by atoms with Gasteiger partial charge in [0, 0.05) is 31.4 Å². The van der Waals surface area contributed by atoms with Crippen LogP contribution in [0.4, 0.5) is 5.69 Å². The molecule has 5 heteroatoms. The van der Waals surface area contributed by atoms with Crippen molar-refractivity contribution in [2.24, 2.45) is 0 Å². The summed E-state index contributed by atoms with van der Waals surface area (Å²) in [5, 5.41) is 2.97. The van der Waals surface area contributed by atoms with Crippen LogP contribution in [0.25, 0.3) is 0 Å². The minimum absolute atomic E-state index is 0.100. The van der Waals surface area contributed by atoms with Gasteiger partial charge in [0.1, 0.15) is 11.5 Å². The summed E-state index contributed by atoms with van der Waals surface area (Å²) in [4.78, 5) is 14.7. The Bertz CT molecular complexity index is 763. The van der Waals surface area contributed by atoms with E-state index in [4.69, 9.17) is 9.47 Å². The summed E-state index contributed by atoms with van der Waals surface area (Å²) in [6.45, 7) is 4.43. The number of ether oxygens (including phenoxy) is 2. The second-order valence-electron chi connectivity index (χ2n) is 6.80. The Hall–Kier alpha value is -2.69. The molecule has 1 N–H and O–H groups in total. The number of methoxy groups -OCH3 is 1. The van der Waals surface area contributed by atoms with E-state index in [1.807, 2.05) is 18.2 Å². The van der Waals surface area contributed by atoms with E-state index in [-0.39, 0.29) is 5.91 Å². The number of fused-ring (bicyclic) bond motifs is 1. The summed E-state index contributed by atoms with van der Waals surface area (Å²) in [6.07, 6.45) is 2.70. The van der Waals surface area contributed by atoms with Gasteiger partial charge in [0.2, 0.25) is 0 Å². The zero-order valence-electron chi connectivity index (χ0n) is 16.1. The molecule has 2 aromatic carbocycles. The van der Waals surface area contributed by atoms with Crippen LogP contribution in [0.1, 0.15) is 25.3 Å². The molecule has 0 saturated heterocycles. The first-order valence-electron chi connectivity index (χ1n) is 9.58. The molecule has 1 aliphatic heterocycles. The number of hydrogen-bond donors (Lipinski definition) is 1. The second-order valence-corrected chi connectivity index (χ2v) is 6.80. The lowest BCUT2D eigenvalue weighted by molar-refractivity contribution is -0.127. The van der Waals surface area contributed by atoms with Crippen molar-refractivity contribution in [3.63, 3.8) is 0 Å². The topological polar surface area (TPSA) is 50.8 Å². The van der Waals surface area contributed by atoms with Crippen LogP contribution in [0.3, 0.4) is 0 Å².